The lowest BCUT2D eigenvalue weighted by atomic mass is 10.0. The molecule has 128 valence electrons. The van der Waals surface area contributed by atoms with Gasteiger partial charge in [0.2, 0.25) is 5.89 Å². The Morgan fingerprint density at radius 3 is 2.46 bits per heavy atom. The molecule has 1 heterocycles. The summed E-state index contributed by atoms with van der Waals surface area (Å²) >= 11 is 0. The number of nitrogens with zero attached hydrogens (tertiary/aromatic N) is 1. The van der Waals surface area contributed by atoms with Gasteiger partial charge in [-0.2, -0.15) is 0 Å². The van der Waals surface area contributed by atoms with Crippen LogP contribution in [0.15, 0.2) is 71.1 Å². The van der Waals surface area contributed by atoms with Crippen molar-refractivity contribution < 1.29 is 9.21 Å². The highest BCUT2D eigenvalue weighted by Crippen LogP contribution is 2.25. The molecule has 0 radical (unpaired) electrons. The van der Waals surface area contributed by atoms with Crippen LogP contribution in [0.25, 0.3) is 22.6 Å². The number of anilines is 1. The molecular formula is C22H18N2O2. The largest absolute Gasteiger partial charge is 0.436 e. The van der Waals surface area contributed by atoms with Crippen LogP contribution in [-0.4, -0.2) is 10.9 Å². The Kier molecular flexibility index (Phi) is 4.01. The molecule has 0 bridgehead atoms. The van der Waals surface area contributed by atoms with Crippen LogP contribution in [-0.2, 0) is 0 Å². The minimum absolute atomic E-state index is 0.110. The second-order valence-corrected chi connectivity index (χ2v) is 6.27. The van der Waals surface area contributed by atoms with Gasteiger partial charge >= 0.3 is 0 Å². The van der Waals surface area contributed by atoms with E-state index in [0.29, 0.717) is 11.5 Å². The first-order chi connectivity index (χ1) is 12.6. The minimum Gasteiger partial charge on any atom is -0.436 e. The van der Waals surface area contributed by atoms with Crippen LogP contribution in [0.3, 0.4) is 0 Å². The molecular weight excluding hydrogens is 324 g/mol. The second kappa shape index (κ2) is 6.48. The summed E-state index contributed by atoms with van der Waals surface area (Å²) in [6.07, 6.45) is 0. The highest BCUT2D eigenvalue weighted by atomic mass is 16.3. The van der Waals surface area contributed by atoms with Crippen molar-refractivity contribution in [3.8, 4) is 11.5 Å². The SMILES string of the molecule is Cc1cccc(C(=O)Nc2ccc(-c3nc4ccccc4o3)cc2)c1C. The molecule has 0 spiro atoms. The fraction of sp³-hybridized carbons (Fsp3) is 0.0909. The third-order valence-corrected chi connectivity index (χ3v) is 4.53. The predicted octanol–water partition coefficient (Wildman–Crippen LogP) is 5.36. The van der Waals surface area contributed by atoms with Gasteiger partial charge in [-0.25, -0.2) is 4.98 Å². The van der Waals surface area contributed by atoms with E-state index in [1.165, 1.54) is 0 Å². The van der Waals surface area contributed by atoms with Crippen molar-refractivity contribution in [3.63, 3.8) is 0 Å². The van der Waals surface area contributed by atoms with E-state index >= 15 is 0 Å². The molecule has 1 N–H and O–H groups in total. The number of hydrogen-bond acceptors (Lipinski definition) is 3. The summed E-state index contributed by atoms with van der Waals surface area (Å²) in [5.74, 6) is 0.458. The first-order valence-corrected chi connectivity index (χ1v) is 8.45. The molecule has 4 nitrogen and oxygen atoms in total. The molecule has 3 aromatic carbocycles. The number of fused-ring (bicyclic) bond motifs is 1. The van der Waals surface area contributed by atoms with E-state index in [0.717, 1.165) is 33.5 Å². The fourth-order valence-electron chi connectivity index (χ4n) is 2.89. The van der Waals surface area contributed by atoms with E-state index in [-0.39, 0.29) is 5.91 Å². The zero-order chi connectivity index (χ0) is 18.1. The van der Waals surface area contributed by atoms with Crippen LogP contribution in [0.5, 0.6) is 0 Å². The number of carbonyl (C=O) groups is 1. The topological polar surface area (TPSA) is 55.1 Å². The number of para-hydroxylation sites is 2. The van der Waals surface area contributed by atoms with Crippen LogP contribution >= 0.6 is 0 Å². The molecule has 0 aliphatic heterocycles. The standard InChI is InChI=1S/C22H18N2O2/c1-14-6-5-7-18(15(14)2)21(25)23-17-12-10-16(11-13-17)22-24-19-8-3-4-9-20(19)26-22/h3-13H,1-2H3,(H,23,25). The molecule has 1 amide bonds. The average molecular weight is 342 g/mol. The number of amides is 1. The van der Waals surface area contributed by atoms with Crippen LogP contribution in [0.1, 0.15) is 21.5 Å². The summed E-state index contributed by atoms with van der Waals surface area (Å²) in [4.78, 5) is 17.0. The number of aromatic nitrogens is 1. The molecule has 4 heteroatoms. The minimum atomic E-state index is -0.110. The van der Waals surface area contributed by atoms with Crippen LogP contribution in [0.4, 0.5) is 5.69 Å². The van der Waals surface area contributed by atoms with Crippen LogP contribution in [0, 0.1) is 13.8 Å². The van der Waals surface area contributed by atoms with E-state index in [9.17, 15) is 4.79 Å². The third-order valence-electron chi connectivity index (χ3n) is 4.53. The quantitative estimate of drug-likeness (QED) is 0.545. The van der Waals surface area contributed by atoms with Gasteiger partial charge in [-0.05, 0) is 67.4 Å². The summed E-state index contributed by atoms with van der Waals surface area (Å²) < 4.78 is 5.77. The number of rotatable bonds is 3. The number of nitrogens with one attached hydrogen (secondary N) is 1. The second-order valence-electron chi connectivity index (χ2n) is 6.27. The summed E-state index contributed by atoms with van der Waals surface area (Å²) in [6, 6.07) is 20.9. The predicted molar refractivity (Wildman–Crippen MR) is 103 cm³/mol. The van der Waals surface area contributed by atoms with Gasteiger partial charge in [-0.15, -0.1) is 0 Å². The maximum Gasteiger partial charge on any atom is 0.255 e. The number of hydrogen-bond donors (Lipinski definition) is 1. The molecule has 4 rings (SSSR count). The lowest BCUT2D eigenvalue weighted by Gasteiger charge is -2.09. The van der Waals surface area contributed by atoms with Gasteiger partial charge < -0.3 is 9.73 Å². The highest BCUT2D eigenvalue weighted by molar-refractivity contribution is 6.05. The molecule has 1 aromatic heterocycles. The Morgan fingerprint density at radius 2 is 1.69 bits per heavy atom. The van der Waals surface area contributed by atoms with E-state index in [2.05, 4.69) is 10.3 Å². The first kappa shape index (κ1) is 16.1. The Hall–Kier alpha value is -3.40. The monoisotopic (exact) mass is 342 g/mol. The number of oxazole rings is 1. The normalized spacial score (nSPS) is 10.8. The Morgan fingerprint density at radius 1 is 0.923 bits per heavy atom. The van der Waals surface area contributed by atoms with E-state index in [1.54, 1.807) is 0 Å². The molecule has 0 saturated carbocycles. The van der Waals surface area contributed by atoms with Crippen LogP contribution in [0.2, 0.25) is 0 Å². The Labute approximate surface area is 151 Å². The molecule has 0 aliphatic carbocycles. The Bertz CT molecular complexity index is 1060. The molecule has 0 fully saturated rings. The van der Waals surface area contributed by atoms with E-state index < -0.39 is 0 Å². The van der Waals surface area contributed by atoms with Crippen LogP contribution < -0.4 is 5.32 Å². The zero-order valence-corrected chi connectivity index (χ0v) is 14.6. The summed E-state index contributed by atoms with van der Waals surface area (Å²) in [5, 5.41) is 2.94. The number of aryl methyl sites for hydroxylation is 1. The maximum atomic E-state index is 12.5. The van der Waals surface area contributed by atoms with E-state index in [1.807, 2.05) is 80.6 Å². The first-order valence-electron chi connectivity index (χ1n) is 8.45. The molecule has 0 saturated heterocycles. The third kappa shape index (κ3) is 2.97. The lowest BCUT2D eigenvalue weighted by Crippen LogP contribution is -2.13. The van der Waals surface area contributed by atoms with Gasteiger partial charge in [0.25, 0.3) is 5.91 Å². The summed E-state index contributed by atoms with van der Waals surface area (Å²) in [5.41, 5.74) is 5.97. The molecule has 0 unspecified atom stereocenters. The van der Waals surface area contributed by atoms with E-state index in [4.69, 9.17) is 4.42 Å². The van der Waals surface area contributed by atoms with Crippen molar-refractivity contribution in [2.24, 2.45) is 0 Å². The fourth-order valence-corrected chi connectivity index (χ4v) is 2.89. The molecule has 0 aliphatic rings. The van der Waals surface area contributed by atoms with Crippen molar-refractivity contribution in [1.82, 2.24) is 4.98 Å². The number of carbonyl (C=O) groups excluding carboxylic acids is 1. The highest BCUT2D eigenvalue weighted by Gasteiger charge is 2.11. The molecule has 0 atom stereocenters. The molecule has 26 heavy (non-hydrogen) atoms. The van der Waals surface area contributed by atoms with Crippen molar-refractivity contribution in [3.05, 3.63) is 83.4 Å². The average Bonchev–Trinajstić information content (AvgIpc) is 3.08. The number of benzene rings is 3. The lowest BCUT2D eigenvalue weighted by molar-refractivity contribution is 0.102. The van der Waals surface area contributed by atoms with Gasteiger partial charge in [0.05, 0.1) is 0 Å². The molecule has 4 aromatic rings. The van der Waals surface area contributed by atoms with Gasteiger partial charge in [-0.1, -0.05) is 24.3 Å². The van der Waals surface area contributed by atoms with Gasteiger partial charge in [0, 0.05) is 16.8 Å². The van der Waals surface area contributed by atoms with Gasteiger partial charge in [-0.3, -0.25) is 4.79 Å². The summed E-state index contributed by atoms with van der Waals surface area (Å²) in [7, 11) is 0. The van der Waals surface area contributed by atoms with Crippen molar-refractivity contribution >= 4 is 22.7 Å². The van der Waals surface area contributed by atoms with Crippen molar-refractivity contribution in [2.45, 2.75) is 13.8 Å². The maximum absolute atomic E-state index is 12.5. The van der Waals surface area contributed by atoms with Crippen molar-refractivity contribution in [2.75, 3.05) is 5.32 Å². The smallest absolute Gasteiger partial charge is 0.255 e. The van der Waals surface area contributed by atoms with Gasteiger partial charge in [0.1, 0.15) is 5.52 Å². The zero-order valence-electron chi connectivity index (χ0n) is 14.6. The van der Waals surface area contributed by atoms with Crippen molar-refractivity contribution in [1.29, 1.82) is 0 Å². The van der Waals surface area contributed by atoms with Gasteiger partial charge in [0.15, 0.2) is 5.58 Å². The Balaban J connectivity index is 1.56. The summed E-state index contributed by atoms with van der Waals surface area (Å²) in [6.45, 7) is 3.96.